The number of rotatable bonds is 3. The summed E-state index contributed by atoms with van der Waals surface area (Å²) in [5, 5.41) is 8.27. The lowest BCUT2D eigenvalue weighted by atomic mass is 9.95. The van der Waals surface area contributed by atoms with Gasteiger partial charge in [-0.25, -0.2) is 0 Å². The van der Waals surface area contributed by atoms with Crippen LogP contribution in [0.3, 0.4) is 0 Å². The van der Waals surface area contributed by atoms with Gasteiger partial charge in [-0.15, -0.1) is 0 Å². The molecule has 2 nitrogen and oxygen atoms in total. The first kappa shape index (κ1) is 9.16. The van der Waals surface area contributed by atoms with Crippen LogP contribution in [-0.2, 0) is 4.79 Å². The molecule has 0 amide bonds. The summed E-state index contributed by atoms with van der Waals surface area (Å²) in [6.45, 7) is 5.51. The normalized spacial score (nSPS) is 12.7. The molecule has 0 aromatic carbocycles. The van der Waals surface area contributed by atoms with Gasteiger partial charge in [0.25, 0.3) is 0 Å². The van der Waals surface area contributed by atoms with Crippen molar-refractivity contribution in [3.05, 3.63) is 0 Å². The maximum atomic E-state index is 11.1. The molecule has 10 heavy (non-hydrogen) atoms. The van der Waals surface area contributed by atoms with Crippen LogP contribution in [0.5, 0.6) is 0 Å². The molecule has 0 fully saturated rings. The number of carbonyl (C=O) groups excluding carboxylic acids is 1. The molecular weight excluding hydrogens is 126 g/mol. The number of ketones is 1. The molecule has 0 saturated carbocycles. The fourth-order valence-corrected chi connectivity index (χ4v) is 0.807. The van der Waals surface area contributed by atoms with Crippen LogP contribution in [-0.4, -0.2) is 5.78 Å². The Bertz CT molecular complexity index is 155. The average molecular weight is 139 g/mol. The summed E-state index contributed by atoms with van der Waals surface area (Å²) in [6.07, 6.45) is 0.344. The molecule has 0 aromatic heterocycles. The molecular formula is C8H13NO. The molecule has 1 atom stereocenters. The van der Waals surface area contributed by atoms with Gasteiger partial charge in [-0.2, -0.15) is 5.26 Å². The molecule has 0 radical (unpaired) electrons. The van der Waals surface area contributed by atoms with Crippen molar-refractivity contribution in [1.82, 2.24) is 0 Å². The maximum absolute atomic E-state index is 11.1. The van der Waals surface area contributed by atoms with E-state index in [1.54, 1.807) is 6.92 Å². The van der Waals surface area contributed by atoms with E-state index in [0.29, 0.717) is 6.42 Å². The van der Waals surface area contributed by atoms with E-state index in [1.807, 2.05) is 19.9 Å². The van der Waals surface area contributed by atoms with Crippen molar-refractivity contribution in [2.24, 2.45) is 11.8 Å². The monoisotopic (exact) mass is 139 g/mol. The summed E-state index contributed by atoms with van der Waals surface area (Å²) in [5.41, 5.74) is 0. The zero-order valence-electron chi connectivity index (χ0n) is 6.72. The lowest BCUT2D eigenvalue weighted by Crippen LogP contribution is -2.16. The topological polar surface area (TPSA) is 40.9 Å². The minimum Gasteiger partial charge on any atom is -0.299 e. The van der Waals surface area contributed by atoms with Crippen molar-refractivity contribution >= 4 is 5.78 Å². The van der Waals surface area contributed by atoms with Gasteiger partial charge in [-0.1, -0.05) is 20.8 Å². The second-order valence-corrected chi connectivity index (χ2v) is 2.82. The second kappa shape index (κ2) is 4.05. The van der Waals surface area contributed by atoms with Crippen LogP contribution in [0.2, 0.25) is 0 Å². The van der Waals surface area contributed by atoms with Gasteiger partial charge in [0.1, 0.15) is 5.78 Å². The van der Waals surface area contributed by atoms with E-state index < -0.39 is 0 Å². The number of nitrogens with zero attached hydrogens (tertiary/aromatic N) is 1. The SMILES string of the molecule is CC(C)C(=O)C(C)CC#N. The Hall–Kier alpha value is -0.840. The van der Waals surface area contributed by atoms with Crippen molar-refractivity contribution < 1.29 is 4.79 Å². The van der Waals surface area contributed by atoms with Crippen molar-refractivity contribution in [3.63, 3.8) is 0 Å². The van der Waals surface area contributed by atoms with E-state index in [1.165, 1.54) is 0 Å². The van der Waals surface area contributed by atoms with Gasteiger partial charge in [0.2, 0.25) is 0 Å². The van der Waals surface area contributed by atoms with Crippen LogP contribution in [0, 0.1) is 23.2 Å². The van der Waals surface area contributed by atoms with Crippen LogP contribution in [0.1, 0.15) is 27.2 Å². The van der Waals surface area contributed by atoms with E-state index in [9.17, 15) is 4.79 Å². The van der Waals surface area contributed by atoms with Gasteiger partial charge in [0.05, 0.1) is 6.07 Å². The Labute approximate surface area is 61.8 Å². The Morgan fingerprint density at radius 3 is 2.30 bits per heavy atom. The fourth-order valence-electron chi connectivity index (χ4n) is 0.807. The van der Waals surface area contributed by atoms with Gasteiger partial charge in [0.15, 0.2) is 0 Å². The molecule has 0 heterocycles. The molecule has 0 bridgehead atoms. The smallest absolute Gasteiger partial charge is 0.139 e. The van der Waals surface area contributed by atoms with E-state index in [2.05, 4.69) is 0 Å². The van der Waals surface area contributed by atoms with Crippen LogP contribution >= 0.6 is 0 Å². The predicted molar refractivity (Wildman–Crippen MR) is 39.2 cm³/mol. The first-order valence-electron chi connectivity index (χ1n) is 3.50. The van der Waals surface area contributed by atoms with Crippen LogP contribution in [0.15, 0.2) is 0 Å². The molecule has 0 aliphatic rings. The summed E-state index contributed by atoms with van der Waals surface area (Å²) in [5.74, 6) is 0.148. The highest BCUT2D eigenvalue weighted by Crippen LogP contribution is 2.08. The molecule has 1 unspecified atom stereocenters. The Balaban J connectivity index is 3.85. The highest BCUT2D eigenvalue weighted by molar-refractivity contribution is 5.82. The Morgan fingerprint density at radius 2 is 2.00 bits per heavy atom. The molecule has 2 heteroatoms. The van der Waals surface area contributed by atoms with Gasteiger partial charge in [0, 0.05) is 18.3 Å². The van der Waals surface area contributed by atoms with Crippen molar-refractivity contribution in [2.75, 3.05) is 0 Å². The molecule has 0 aliphatic heterocycles. The summed E-state index contributed by atoms with van der Waals surface area (Å²) in [7, 11) is 0. The predicted octanol–water partition coefficient (Wildman–Crippen LogP) is 1.76. The minimum absolute atomic E-state index is 0.0587. The quantitative estimate of drug-likeness (QED) is 0.597. The summed E-state index contributed by atoms with van der Waals surface area (Å²) >= 11 is 0. The van der Waals surface area contributed by atoms with Gasteiger partial charge in [-0.05, 0) is 0 Å². The third kappa shape index (κ3) is 2.63. The van der Waals surface area contributed by atoms with Gasteiger partial charge >= 0.3 is 0 Å². The van der Waals surface area contributed by atoms with E-state index in [4.69, 9.17) is 5.26 Å². The molecule has 0 N–H and O–H groups in total. The highest BCUT2D eigenvalue weighted by atomic mass is 16.1. The van der Waals surface area contributed by atoms with Crippen molar-refractivity contribution in [1.29, 1.82) is 5.26 Å². The largest absolute Gasteiger partial charge is 0.299 e. The standard InChI is InChI=1S/C8H13NO/c1-6(2)8(10)7(3)4-5-9/h6-7H,4H2,1-3H3. The molecule has 0 rings (SSSR count). The number of carbonyl (C=O) groups is 1. The third-order valence-electron chi connectivity index (χ3n) is 1.45. The number of Topliss-reactive ketones (excluding diaryl/α,β-unsaturated/α-hetero) is 1. The zero-order valence-corrected chi connectivity index (χ0v) is 6.72. The summed E-state index contributed by atoms with van der Waals surface area (Å²) in [6, 6.07) is 1.98. The van der Waals surface area contributed by atoms with Crippen molar-refractivity contribution in [3.8, 4) is 6.07 Å². The highest BCUT2D eigenvalue weighted by Gasteiger charge is 2.15. The molecule has 0 aromatic rings. The molecule has 0 aliphatic carbocycles. The summed E-state index contributed by atoms with van der Waals surface area (Å²) in [4.78, 5) is 11.1. The van der Waals surface area contributed by atoms with Gasteiger partial charge < -0.3 is 0 Å². The molecule has 0 spiro atoms. The summed E-state index contributed by atoms with van der Waals surface area (Å²) < 4.78 is 0. The number of hydrogen-bond donors (Lipinski definition) is 0. The number of nitriles is 1. The second-order valence-electron chi connectivity index (χ2n) is 2.82. The number of hydrogen-bond acceptors (Lipinski definition) is 2. The van der Waals surface area contributed by atoms with Crippen molar-refractivity contribution in [2.45, 2.75) is 27.2 Å². The molecule has 56 valence electrons. The Kier molecular flexibility index (Phi) is 3.71. The van der Waals surface area contributed by atoms with E-state index >= 15 is 0 Å². The third-order valence-corrected chi connectivity index (χ3v) is 1.45. The van der Waals surface area contributed by atoms with Crippen LogP contribution in [0.4, 0.5) is 0 Å². The average Bonchev–Trinajstić information content (AvgIpc) is 1.87. The van der Waals surface area contributed by atoms with E-state index in [0.717, 1.165) is 0 Å². The molecule has 0 saturated heterocycles. The fraction of sp³-hybridized carbons (Fsp3) is 0.750. The maximum Gasteiger partial charge on any atom is 0.139 e. The van der Waals surface area contributed by atoms with Crippen LogP contribution < -0.4 is 0 Å². The Morgan fingerprint density at radius 1 is 1.50 bits per heavy atom. The van der Waals surface area contributed by atoms with Gasteiger partial charge in [-0.3, -0.25) is 4.79 Å². The lowest BCUT2D eigenvalue weighted by Gasteiger charge is -2.07. The first-order valence-corrected chi connectivity index (χ1v) is 3.50. The zero-order chi connectivity index (χ0) is 8.15. The lowest BCUT2D eigenvalue weighted by molar-refractivity contribution is -0.125. The van der Waals surface area contributed by atoms with E-state index in [-0.39, 0.29) is 17.6 Å². The first-order chi connectivity index (χ1) is 4.59. The minimum atomic E-state index is -0.0926. The van der Waals surface area contributed by atoms with Crippen LogP contribution in [0.25, 0.3) is 0 Å².